The first kappa shape index (κ1) is 16.4. The Kier molecular flexibility index (Phi) is 4.49. The second-order valence-electron chi connectivity index (χ2n) is 5.51. The van der Waals surface area contributed by atoms with Gasteiger partial charge in [0.1, 0.15) is 4.60 Å². The quantitative estimate of drug-likeness (QED) is 0.705. The summed E-state index contributed by atoms with van der Waals surface area (Å²) in [7, 11) is 1.60. The maximum Gasteiger partial charge on any atom is 0.260 e. The van der Waals surface area contributed by atoms with Crippen LogP contribution in [-0.4, -0.2) is 22.5 Å². The normalized spacial score (nSPS) is 10.8. The number of hydrogen-bond donors (Lipinski definition) is 1. The molecule has 24 heavy (non-hydrogen) atoms. The van der Waals surface area contributed by atoms with Crippen LogP contribution in [0.15, 0.2) is 52.1 Å². The Morgan fingerprint density at radius 1 is 1.33 bits per heavy atom. The van der Waals surface area contributed by atoms with Crippen molar-refractivity contribution in [1.82, 2.24) is 14.9 Å². The van der Waals surface area contributed by atoms with E-state index in [-0.39, 0.29) is 11.5 Å². The minimum absolute atomic E-state index is 0.0998. The molecule has 3 aromatic rings. The molecular weight excluding hydrogens is 370 g/mol. The molecule has 0 saturated heterocycles. The molecule has 0 aliphatic carbocycles. The number of nitrogens with one attached hydrogen (secondary N) is 1. The molecule has 3 rings (SSSR count). The van der Waals surface area contributed by atoms with Crippen molar-refractivity contribution in [2.75, 3.05) is 7.05 Å². The molecule has 0 atom stereocenters. The molecule has 0 radical (unpaired) electrons. The van der Waals surface area contributed by atoms with Gasteiger partial charge in [0.2, 0.25) is 0 Å². The van der Waals surface area contributed by atoms with Gasteiger partial charge in [0.05, 0.1) is 11.9 Å². The third-order valence-electron chi connectivity index (χ3n) is 4.09. The van der Waals surface area contributed by atoms with E-state index in [0.717, 1.165) is 16.5 Å². The molecule has 0 aliphatic rings. The van der Waals surface area contributed by atoms with Gasteiger partial charge in [0.15, 0.2) is 0 Å². The largest absolute Gasteiger partial charge is 0.355 e. The fraction of sp³-hybridized carbons (Fsp3) is 0.167. The Morgan fingerprint density at radius 2 is 2.12 bits per heavy atom. The molecule has 2 heterocycles. The molecule has 0 saturated carbocycles. The highest BCUT2D eigenvalue weighted by Crippen LogP contribution is 2.17. The van der Waals surface area contributed by atoms with Gasteiger partial charge in [-0.05, 0) is 57.6 Å². The standard InChI is InChI=1S/C18H16BrN3O2/c1-11-13(4-3-5-14(11)17(23)20-2)10-22-7-6-12-8-16(19)21-9-15(12)18(22)24/h3-9H,10H2,1-2H3,(H,20,23). The second kappa shape index (κ2) is 6.57. The molecule has 1 N–H and O–H groups in total. The SMILES string of the molecule is CNC(=O)c1cccc(Cn2ccc3cc(Br)ncc3c2=O)c1C. The lowest BCUT2D eigenvalue weighted by molar-refractivity contribution is 0.0962. The van der Waals surface area contributed by atoms with Gasteiger partial charge in [-0.15, -0.1) is 0 Å². The highest BCUT2D eigenvalue weighted by Gasteiger charge is 2.11. The summed E-state index contributed by atoms with van der Waals surface area (Å²) in [5.74, 6) is -0.130. The van der Waals surface area contributed by atoms with Crippen LogP contribution in [0.25, 0.3) is 10.8 Å². The molecule has 0 spiro atoms. The number of aromatic nitrogens is 2. The van der Waals surface area contributed by atoms with Crippen molar-refractivity contribution >= 4 is 32.6 Å². The Balaban J connectivity index is 2.05. The van der Waals surface area contributed by atoms with Gasteiger partial charge >= 0.3 is 0 Å². The highest BCUT2D eigenvalue weighted by atomic mass is 79.9. The maximum absolute atomic E-state index is 12.7. The molecule has 1 aromatic carbocycles. The molecule has 0 fully saturated rings. The van der Waals surface area contributed by atoms with Crippen molar-refractivity contribution in [2.45, 2.75) is 13.5 Å². The predicted octanol–water partition coefficient (Wildman–Crippen LogP) is 2.88. The minimum atomic E-state index is -0.130. The number of fused-ring (bicyclic) bond motifs is 1. The maximum atomic E-state index is 12.7. The van der Waals surface area contributed by atoms with E-state index in [4.69, 9.17) is 0 Å². The molecule has 0 unspecified atom stereocenters. The highest BCUT2D eigenvalue weighted by molar-refractivity contribution is 9.10. The number of nitrogens with zero attached hydrogens (tertiary/aromatic N) is 2. The van der Waals surface area contributed by atoms with E-state index in [1.165, 1.54) is 0 Å². The predicted molar refractivity (Wildman–Crippen MR) is 97.4 cm³/mol. The van der Waals surface area contributed by atoms with Crippen LogP contribution in [0.5, 0.6) is 0 Å². The van der Waals surface area contributed by atoms with Crippen LogP contribution in [0.4, 0.5) is 0 Å². The van der Waals surface area contributed by atoms with Gasteiger partial charge in [0.25, 0.3) is 11.5 Å². The van der Waals surface area contributed by atoms with Crippen molar-refractivity contribution in [3.8, 4) is 0 Å². The monoisotopic (exact) mass is 385 g/mol. The Hall–Kier alpha value is -2.47. The van der Waals surface area contributed by atoms with Crippen LogP contribution < -0.4 is 10.9 Å². The van der Waals surface area contributed by atoms with Crippen LogP contribution in [0.3, 0.4) is 0 Å². The Morgan fingerprint density at radius 3 is 2.88 bits per heavy atom. The van der Waals surface area contributed by atoms with E-state index < -0.39 is 0 Å². The Labute approximate surface area is 147 Å². The zero-order chi connectivity index (χ0) is 17.3. The zero-order valence-corrected chi connectivity index (χ0v) is 14.9. The average Bonchev–Trinajstić information content (AvgIpc) is 2.58. The van der Waals surface area contributed by atoms with Crippen molar-refractivity contribution in [1.29, 1.82) is 0 Å². The zero-order valence-electron chi connectivity index (χ0n) is 13.3. The molecule has 6 heteroatoms. The number of hydrogen-bond acceptors (Lipinski definition) is 3. The number of halogens is 1. The molecular formula is C18H16BrN3O2. The van der Waals surface area contributed by atoms with Crippen LogP contribution in [0.2, 0.25) is 0 Å². The van der Waals surface area contributed by atoms with Crippen LogP contribution in [0.1, 0.15) is 21.5 Å². The molecule has 0 aliphatic heterocycles. The number of carbonyl (C=O) groups is 1. The fourth-order valence-corrected chi connectivity index (χ4v) is 3.05. The van der Waals surface area contributed by atoms with E-state index in [1.54, 1.807) is 30.1 Å². The van der Waals surface area contributed by atoms with Crippen LogP contribution in [-0.2, 0) is 6.54 Å². The number of amides is 1. The third-order valence-corrected chi connectivity index (χ3v) is 4.52. The Bertz CT molecular complexity index is 995. The van der Waals surface area contributed by atoms with Crippen molar-refractivity contribution in [3.05, 3.63) is 74.4 Å². The summed E-state index contributed by atoms with van der Waals surface area (Å²) in [4.78, 5) is 28.7. The number of pyridine rings is 2. The van der Waals surface area contributed by atoms with E-state index in [2.05, 4.69) is 26.2 Å². The van der Waals surface area contributed by atoms with Gasteiger partial charge in [-0.3, -0.25) is 9.59 Å². The summed E-state index contributed by atoms with van der Waals surface area (Å²) < 4.78 is 2.33. The first-order valence-corrected chi connectivity index (χ1v) is 8.26. The topological polar surface area (TPSA) is 64.0 Å². The number of benzene rings is 1. The smallest absolute Gasteiger partial charge is 0.260 e. The van der Waals surface area contributed by atoms with Crippen molar-refractivity contribution in [2.24, 2.45) is 0 Å². The summed E-state index contributed by atoms with van der Waals surface area (Å²) in [5.41, 5.74) is 2.33. The number of rotatable bonds is 3. The van der Waals surface area contributed by atoms with E-state index >= 15 is 0 Å². The molecule has 0 bridgehead atoms. The van der Waals surface area contributed by atoms with Crippen molar-refractivity contribution in [3.63, 3.8) is 0 Å². The summed E-state index contributed by atoms with van der Waals surface area (Å²) in [6, 6.07) is 9.25. The molecule has 2 aromatic heterocycles. The average molecular weight is 386 g/mol. The lowest BCUT2D eigenvalue weighted by Gasteiger charge is -2.12. The molecule has 122 valence electrons. The van der Waals surface area contributed by atoms with E-state index in [1.807, 2.05) is 31.2 Å². The summed E-state index contributed by atoms with van der Waals surface area (Å²) in [6.07, 6.45) is 3.34. The number of carbonyl (C=O) groups excluding carboxylic acids is 1. The third kappa shape index (κ3) is 2.97. The van der Waals surface area contributed by atoms with E-state index in [9.17, 15) is 9.59 Å². The van der Waals surface area contributed by atoms with Gasteiger partial charge < -0.3 is 9.88 Å². The lowest BCUT2D eigenvalue weighted by Crippen LogP contribution is -2.22. The first-order chi connectivity index (χ1) is 11.5. The fourth-order valence-electron chi connectivity index (χ4n) is 2.70. The van der Waals surface area contributed by atoms with Gasteiger partial charge in [-0.1, -0.05) is 12.1 Å². The lowest BCUT2D eigenvalue weighted by atomic mass is 10.0. The van der Waals surface area contributed by atoms with Gasteiger partial charge in [0, 0.05) is 25.0 Å². The van der Waals surface area contributed by atoms with E-state index in [0.29, 0.717) is 22.1 Å². The van der Waals surface area contributed by atoms with Crippen LogP contribution in [0, 0.1) is 6.92 Å². The van der Waals surface area contributed by atoms with Gasteiger partial charge in [-0.25, -0.2) is 4.98 Å². The summed E-state index contributed by atoms with van der Waals surface area (Å²) in [6.45, 7) is 2.30. The molecule has 5 nitrogen and oxygen atoms in total. The first-order valence-electron chi connectivity index (χ1n) is 7.46. The second-order valence-corrected chi connectivity index (χ2v) is 6.32. The summed E-state index contributed by atoms with van der Waals surface area (Å²) in [5, 5.41) is 4.05. The summed E-state index contributed by atoms with van der Waals surface area (Å²) >= 11 is 3.31. The van der Waals surface area contributed by atoms with Crippen molar-refractivity contribution < 1.29 is 4.79 Å². The van der Waals surface area contributed by atoms with Gasteiger partial charge in [-0.2, -0.15) is 0 Å². The van der Waals surface area contributed by atoms with Crippen LogP contribution >= 0.6 is 15.9 Å². The molecule has 1 amide bonds. The minimum Gasteiger partial charge on any atom is -0.355 e.